The van der Waals surface area contributed by atoms with Gasteiger partial charge in [0.1, 0.15) is 23.3 Å². The van der Waals surface area contributed by atoms with Gasteiger partial charge in [0, 0.05) is 16.8 Å². The molecule has 1 aliphatic rings. The topological polar surface area (TPSA) is 50.5 Å². The van der Waals surface area contributed by atoms with Crippen molar-refractivity contribution in [2.45, 2.75) is 29.0 Å². The first kappa shape index (κ1) is 24.3. The second-order valence-corrected chi connectivity index (χ2v) is 10.4. The molecule has 3 heterocycles. The van der Waals surface area contributed by atoms with Crippen LogP contribution in [0.4, 0.5) is 5.69 Å². The van der Waals surface area contributed by atoms with Gasteiger partial charge in [0.25, 0.3) is 0 Å². The van der Waals surface area contributed by atoms with E-state index in [0.717, 1.165) is 38.6 Å². The Bertz CT molecular complexity index is 1520. The van der Waals surface area contributed by atoms with Gasteiger partial charge in [0.05, 0.1) is 11.7 Å². The summed E-state index contributed by atoms with van der Waals surface area (Å²) < 4.78 is 12.4. The zero-order chi connectivity index (χ0) is 25.9. The van der Waals surface area contributed by atoms with E-state index >= 15 is 0 Å². The summed E-state index contributed by atoms with van der Waals surface area (Å²) in [6.07, 6.45) is 1.80. The molecule has 0 spiro atoms. The Labute approximate surface area is 231 Å². The summed E-state index contributed by atoms with van der Waals surface area (Å²) in [6, 6.07) is 35.7. The molecule has 6 rings (SSSR count). The molecule has 0 bridgehead atoms. The van der Waals surface area contributed by atoms with Crippen molar-refractivity contribution in [3.8, 4) is 11.5 Å². The number of ether oxygens (including phenoxy) is 1. The Kier molecular flexibility index (Phi) is 6.86. The second kappa shape index (κ2) is 10.7. The highest BCUT2D eigenvalue weighted by Gasteiger charge is 2.42. The van der Waals surface area contributed by atoms with Crippen LogP contribution in [0.2, 0.25) is 0 Å². The maximum Gasteiger partial charge on any atom is 0.174 e. The number of pyridine rings is 1. The predicted octanol–water partition coefficient (Wildman–Crippen LogP) is 8.10. The van der Waals surface area contributed by atoms with E-state index in [0.29, 0.717) is 5.11 Å². The number of hydrogen-bond donors (Lipinski definition) is 1. The number of para-hydroxylation sites is 1. The Balaban J connectivity index is 1.31. The number of furan rings is 1. The van der Waals surface area contributed by atoms with Gasteiger partial charge in [0.2, 0.25) is 0 Å². The highest BCUT2D eigenvalue weighted by atomic mass is 32.2. The minimum atomic E-state index is -0.217. The van der Waals surface area contributed by atoms with Crippen molar-refractivity contribution in [2.75, 3.05) is 4.90 Å². The third-order valence-corrected chi connectivity index (χ3v) is 7.57. The van der Waals surface area contributed by atoms with E-state index in [9.17, 15) is 0 Å². The van der Waals surface area contributed by atoms with E-state index in [2.05, 4.69) is 46.4 Å². The lowest BCUT2D eigenvalue weighted by Gasteiger charge is -2.26. The maximum atomic E-state index is 6.43. The predicted molar refractivity (Wildman–Crippen MR) is 155 cm³/mol. The number of benzene rings is 3. The molecule has 3 aromatic carbocycles. The van der Waals surface area contributed by atoms with Crippen LogP contribution in [0.15, 0.2) is 130 Å². The van der Waals surface area contributed by atoms with E-state index < -0.39 is 0 Å². The second-order valence-electron chi connectivity index (χ2n) is 8.98. The van der Waals surface area contributed by atoms with Crippen molar-refractivity contribution in [3.63, 3.8) is 0 Å². The van der Waals surface area contributed by atoms with E-state index in [1.54, 1.807) is 18.0 Å². The molecule has 0 aliphatic carbocycles. The standard InChI is InChI=1S/C31H25N3O2S2/c1-21-10-16-25(17-11-21)38-28-19-18-27(36-28)30-29(26-9-5-6-20-32-26)33-31(37)34(30)22-12-14-24(15-13-22)35-23-7-3-2-4-8-23/h2-20,29-30H,1H3,(H,33,37)/t29-,30-/m1/s1. The fraction of sp³-hybridized carbons (Fsp3) is 0.0968. The molecule has 0 saturated carbocycles. The molecule has 1 fully saturated rings. The number of rotatable bonds is 7. The summed E-state index contributed by atoms with van der Waals surface area (Å²) in [5.41, 5.74) is 3.07. The Morgan fingerprint density at radius 1 is 0.842 bits per heavy atom. The Hall–Kier alpha value is -4.07. The Morgan fingerprint density at radius 2 is 1.58 bits per heavy atom. The van der Waals surface area contributed by atoms with Crippen LogP contribution in [0, 0.1) is 6.92 Å². The smallest absolute Gasteiger partial charge is 0.174 e. The number of anilines is 1. The summed E-state index contributed by atoms with van der Waals surface area (Å²) in [7, 11) is 0. The molecular weight excluding hydrogens is 510 g/mol. The van der Waals surface area contributed by atoms with Crippen molar-refractivity contribution in [1.29, 1.82) is 0 Å². The molecule has 38 heavy (non-hydrogen) atoms. The number of aromatic nitrogens is 1. The quantitative estimate of drug-likeness (QED) is 0.211. The summed E-state index contributed by atoms with van der Waals surface area (Å²) >= 11 is 7.45. The molecule has 1 saturated heterocycles. The highest BCUT2D eigenvalue weighted by molar-refractivity contribution is 7.99. The first-order valence-electron chi connectivity index (χ1n) is 12.3. The SMILES string of the molecule is Cc1ccc(Sc2ccc([C@@H]3[C@@H](c4ccccn4)NC(=S)N3c3ccc(Oc4ccccc4)cc3)o2)cc1. The molecule has 2 atom stereocenters. The molecule has 2 aromatic heterocycles. The number of hydrogen-bond acceptors (Lipinski definition) is 5. The van der Waals surface area contributed by atoms with Crippen LogP contribution in [0.3, 0.4) is 0 Å². The van der Waals surface area contributed by atoms with Crippen molar-refractivity contribution < 1.29 is 9.15 Å². The fourth-order valence-corrected chi connectivity index (χ4v) is 5.62. The summed E-state index contributed by atoms with van der Waals surface area (Å²) in [4.78, 5) is 7.85. The molecular formula is C31H25N3O2S2. The maximum absolute atomic E-state index is 6.43. The average molecular weight is 536 g/mol. The van der Waals surface area contributed by atoms with Crippen LogP contribution in [-0.4, -0.2) is 10.1 Å². The van der Waals surface area contributed by atoms with Gasteiger partial charge in [-0.15, -0.1) is 0 Å². The molecule has 1 aliphatic heterocycles. The molecule has 188 valence electrons. The summed E-state index contributed by atoms with van der Waals surface area (Å²) in [6.45, 7) is 2.09. The summed E-state index contributed by atoms with van der Waals surface area (Å²) in [5.74, 6) is 2.36. The molecule has 0 amide bonds. The van der Waals surface area contributed by atoms with E-state index in [4.69, 9.17) is 21.4 Å². The lowest BCUT2D eigenvalue weighted by Crippen LogP contribution is -2.29. The lowest BCUT2D eigenvalue weighted by molar-refractivity contribution is 0.383. The zero-order valence-corrected chi connectivity index (χ0v) is 22.3. The van der Waals surface area contributed by atoms with Crippen molar-refractivity contribution >= 4 is 34.8 Å². The van der Waals surface area contributed by atoms with Crippen LogP contribution in [0.1, 0.15) is 29.1 Å². The Morgan fingerprint density at radius 3 is 2.32 bits per heavy atom. The summed E-state index contributed by atoms with van der Waals surface area (Å²) in [5, 5.41) is 4.93. The first-order valence-corrected chi connectivity index (χ1v) is 13.5. The third kappa shape index (κ3) is 5.16. The molecule has 0 unspecified atom stereocenters. The molecule has 7 heteroatoms. The number of nitrogens with one attached hydrogen (secondary N) is 1. The van der Waals surface area contributed by atoms with Crippen LogP contribution in [-0.2, 0) is 0 Å². The normalized spacial score (nSPS) is 16.9. The number of thiocarbonyl (C=S) groups is 1. The fourth-order valence-electron chi connectivity index (χ4n) is 4.49. The van der Waals surface area contributed by atoms with Gasteiger partial charge >= 0.3 is 0 Å². The van der Waals surface area contributed by atoms with Gasteiger partial charge in [-0.25, -0.2) is 0 Å². The van der Waals surface area contributed by atoms with Gasteiger partial charge in [-0.05, 0) is 91.9 Å². The van der Waals surface area contributed by atoms with Crippen molar-refractivity contribution in [1.82, 2.24) is 10.3 Å². The van der Waals surface area contributed by atoms with Gasteiger partial charge < -0.3 is 19.4 Å². The van der Waals surface area contributed by atoms with Crippen molar-refractivity contribution in [2.24, 2.45) is 0 Å². The van der Waals surface area contributed by atoms with E-state index in [1.807, 2.05) is 84.9 Å². The molecule has 5 aromatic rings. The lowest BCUT2D eigenvalue weighted by atomic mass is 10.0. The first-order chi connectivity index (χ1) is 18.6. The van der Waals surface area contributed by atoms with Crippen LogP contribution in [0.25, 0.3) is 0 Å². The van der Waals surface area contributed by atoms with E-state index in [-0.39, 0.29) is 12.1 Å². The molecule has 1 N–H and O–H groups in total. The van der Waals surface area contributed by atoms with Crippen LogP contribution >= 0.6 is 24.0 Å². The van der Waals surface area contributed by atoms with Gasteiger partial charge in [-0.3, -0.25) is 4.98 Å². The average Bonchev–Trinajstić information content (AvgIpc) is 3.55. The number of nitrogens with zero attached hydrogens (tertiary/aromatic N) is 2. The van der Waals surface area contributed by atoms with Gasteiger partial charge in [-0.1, -0.05) is 53.7 Å². The monoisotopic (exact) mass is 535 g/mol. The van der Waals surface area contributed by atoms with E-state index in [1.165, 1.54) is 5.56 Å². The number of aryl methyl sites for hydroxylation is 1. The molecule has 5 nitrogen and oxygen atoms in total. The zero-order valence-electron chi connectivity index (χ0n) is 20.7. The van der Waals surface area contributed by atoms with Crippen LogP contribution in [0.5, 0.6) is 11.5 Å². The molecule has 0 radical (unpaired) electrons. The largest absolute Gasteiger partial charge is 0.457 e. The third-order valence-electron chi connectivity index (χ3n) is 6.32. The minimum Gasteiger partial charge on any atom is -0.457 e. The van der Waals surface area contributed by atoms with Crippen LogP contribution < -0.4 is 15.0 Å². The highest BCUT2D eigenvalue weighted by Crippen LogP contribution is 2.43. The minimum absolute atomic E-state index is 0.174. The van der Waals surface area contributed by atoms with Gasteiger partial charge in [-0.2, -0.15) is 0 Å². The van der Waals surface area contributed by atoms with Gasteiger partial charge in [0.15, 0.2) is 10.2 Å². The van der Waals surface area contributed by atoms with Crippen molar-refractivity contribution in [3.05, 3.63) is 132 Å².